The molecule has 0 N–H and O–H groups in total. The fraction of sp³-hybridized carbons (Fsp3) is 0.184. The van der Waals surface area contributed by atoms with Gasteiger partial charge in [0.05, 0.1) is 24.6 Å². The minimum atomic E-state index is 0.0206. The Morgan fingerprint density at radius 1 is 0.300 bits per heavy atom. The van der Waals surface area contributed by atoms with Crippen LogP contribution in [0.3, 0.4) is 0 Å². The van der Waals surface area contributed by atoms with Crippen molar-refractivity contribution in [3.05, 3.63) is 230 Å². The van der Waals surface area contributed by atoms with E-state index in [0.29, 0.717) is 13.2 Å². The van der Waals surface area contributed by atoms with Crippen molar-refractivity contribution in [1.29, 1.82) is 0 Å². The number of anilines is 6. The minimum Gasteiger partial charge on any atom is -0.494 e. The molecule has 0 aliphatic carbocycles. The maximum Gasteiger partial charge on any atom is 0.119 e. The smallest absolute Gasteiger partial charge is 0.119 e. The van der Waals surface area contributed by atoms with Crippen molar-refractivity contribution in [3.63, 3.8) is 0 Å². The van der Waals surface area contributed by atoms with Crippen LogP contribution in [0.5, 0.6) is 11.5 Å². The molecular weight excluding hydrogens is 973 g/mol. The molecule has 4 nitrogen and oxygen atoms in total. The van der Waals surface area contributed by atoms with E-state index < -0.39 is 0 Å². The first-order valence-corrected chi connectivity index (χ1v) is 28.7. The molecule has 0 fully saturated rings. The Bertz CT molecular complexity index is 4000. The highest BCUT2D eigenvalue weighted by Gasteiger charge is 2.30. The van der Waals surface area contributed by atoms with Crippen LogP contribution in [0, 0.1) is 0 Å². The summed E-state index contributed by atoms with van der Waals surface area (Å²) in [5.74, 6) is 1.76. The Morgan fingerprint density at radius 3 is 0.938 bits per heavy atom. The monoisotopic (exact) mass is 1040 g/mol. The third kappa shape index (κ3) is 8.61. The molecule has 394 valence electrons. The van der Waals surface area contributed by atoms with Crippen molar-refractivity contribution < 1.29 is 9.47 Å². The number of nitrogens with zero attached hydrogens (tertiary/aromatic N) is 2. The number of benzene rings is 11. The van der Waals surface area contributed by atoms with Crippen LogP contribution in [0.25, 0.3) is 86.9 Å². The van der Waals surface area contributed by atoms with Gasteiger partial charge in [-0.25, -0.2) is 0 Å². The van der Waals surface area contributed by atoms with Crippen molar-refractivity contribution in [2.45, 2.75) is 79.1 Å². The van der Waals surface area contributed by atoms with Crippen LogP contribution in [0.4, 0.5) is 34.1 Å². The fourth-order valence-electron chi connectivity index (χ4n) is 12.5. The van der Waals surface area contributed by atoms with Gasteiger partial charge in [-0.3, -0.25) is 0 Å². The summed E-state index contributed by atoms with van der Waals surface area (Å²) in [5.41, 5.74) is 14.2. The molecule has 13 aromatic rings. The van der Waals surface area contributed by atoms with E-state index in [9.17, 15) is 0 Å². The maximum absolute atomic E-state index is 6.12. The Morgan fingerprint density at radius 2 is 0.613 bits per heavy atom. The molecule has 0 bridgehead atoms. The lowest BCUT2D eigenvalue weighted by atomic mass is 9.87. The average Bonchev–Trinajstić information content (AvgIpc) is 4.22. The summed E-state index contributed by atoms with van der Waals surface area (Å²) in [6.07, 6.45) is 1.91. The van der Waals surface area contributed by atoms with Gasteiger partial charge in [0.25, 0.3) is 0 Å². The van der Waals surface area contributed by atoms with Gasteiger partial charge >= 0.3 is 0 Å². The quantitative estimate of drug-likeness (QED) is 0.108. The zero-order valence-electron chi connectivity index (χ0n) is 47.3. The van der Waals surface area contributed by atoms with Gasteiger partial charge in [-0.2, -0.15) is 0 Å². The summed E-state index contributed by atoms with van der Waals surface area (Å²) in [7, 11) is 0. The van der Waals surface area contributed by atoms with Crippen LogP contribution in [0.1, 0.15) is 79.4 Å². The largest absolute Gasteiger partial charge is 0.494 e. The van der Waals surface area contributed by atoms with Crippen molar-refractivity contribution in [3.8, 4) is 33.8 Å². The van der Waals surface area contributed by atoms with Crippen LogP contribution in [-0.2, 0) is 10.8 Å². The molecule has 0 aromatic heterocycles. The Balaban J connectivity index is 1.12. The van der Waals surface area contributed by atoms with E-state index in [4.69, 9.17) is 9.47 Å². The summed E-state index contributed by atoms with van der Waals surface area (Å²) in [4.78, 5) is 4.87. The first-order chi connectivity index (χ1) is 38.9. The Labute approximate surface area is 471 Å². The predicted molar refractivity (Wildman–Crippen MR) is 343 cm³/mol. The molecule has 0 spiro atoms. The van der Waals surface area contributed by atoms with Crippen molar-refractivity contribution in [1.82, 2.24) is 0 Å². The lowest BCUT2D eigenvalue weighted by Crippen LogP contribution is -2.13. The van der Waals surface area contributed by atoms with Crippen LogP contribution in [0.15, 0.2) is 218 Å². The lowest BCUT2D eigenvalue weighted by Gasteiger charge is -2.28. The first-order valence-electron chi connectivity index (χ1n) is 28.7. The predicted octanol–water partition coefficient (Wildman–Crippen LogP) is 21.9. The molecule has 13 aromatic carbocycles. The molecule has 0 unspecified atom stereocenters. The molecule has 0 aliphatic heterocycles. The summed E-state index contributed by atoms with van der Waals surface area (Å²) >= 11 is 0. The van der Waals surface area contributed by atoms with E-state index in [1.54, 1.807) is 0 Å². The average molecular weight is 1040 g/mol. The van der Waals surface area contributed by atoms with Crippen LogP contribution in [0.2, 0.25) is 0 Å². The minimum absolute atomic E-state index is 0.0206. The standard InChI is InChI=1S/C76H68N2O2/c1-9-47-79-57-39-35-55(36-40-57)77(53-31-27-51(28-32-53)75(3,4)5)65-45-43-63-69-59(65)23-17-25-61(69)71-67(49-19-13-11-14-20-49)74-64-44-46-66(60-24-18-26-62(70(60)64)72(74)68(73(63)71)50-21-15-12-16-22-50)78(54-33-29-52(30-34-54)76(6,7)8)56-37-41-58(42-38-56)80-48-10-2/h11-46H,9-10,47-48H2,1-8H3. The van der Waals surface area contributed by atoms with Crippen molar-refractivity contribution in [2.24, 2.45) is 0 Å². The summed E-state index contributed by atoms with van der Waals surface area (Å²) in [6.45, 7) is 19.3. The summed E-state index contributed by atoms with van der Waals surface area (Å²) in [6, 6.07) is 81.5. The molecule has 4 heteroatoms. The van der Waals surface area contributed by atoms with E-state index in [2.05, 4.69) is 284 Å². The number of fused-ring (bicyclic) bond motifs is 6. The van der Waals surface area contributed by atoms with Crippen LogP contribution >= 0.6 is 0 Å². The van der Waals surface area contributed by atoms with E-state index >= 15 is 0 Å². The fourth-order valence-corrected chi connectivity index (χ4v) is 12.5. The van der Waals surface area contributed by atoms with Gasteiger partial charge in [0.15, 0.2) is 0 Å². The second kappa shape index (κ2) is 20.1. The first kappa shape index (κ1) is 50.6. The number of hydrogen-bond acceptors (Lipinski definition) is 4. The topological polar surface area (TPSA) is 24.9 Å². The maximum atomic E-state index is 6.12. The highest BCUT2D eigenvalue weighted by molar-refractivity contribution is 6.47. The third-order valence-corrected chi connectivity index (χ3v) is 16.3. The van der Waals surface area contributed by atoms with E-state index in [1.165, 1.54) is 98.0 Å². The van der Waals surface area contributed by atoms with E-state index in [1.807, 2.05) is 0 Å². The van der Waals surface area contributed by atoms with Crippen molar-refractivity contribution >= 4 is 98.8 Å². The zero-order chi connectivity index (χ0) is 54.9. The third-order valence-electron chi connectivity index (χ3n) is 16.3. The zero-order valence-corrected chi connectivity index (χ0v) is 47.3. The molecule has 0 saturated heterocycles. The van der Waals surface area contributed by atoms with Gasteiger partial charge in [-0.1, -0.05) is 189 Å². The summed E-state index contributed by atoms with van der Waals surface area (Å²) < 4.78 is 12.2. The molecule has 0 radical (unpaired) electrons. The molecule has 80 heavy (non-hydrogen) atoms. The van der Waals surface area contributed by atoms with Crippen molar-refractivity contribution in [2.75, 3.05) is 23.0 Å². The molecule has 0 amide bonds. The lowest BCUT2D eigenvalue weighted by molar-refractivity contribution is 0.317. The van der Waals surface area contributed by atoms with Gasteiger partial charge < -0.3 is 19.3 Å². The molecule has 0 aliphatic rings. The Kier molecular flexibility index (Phi) is 12.7. The van der Waals surface area contributed by atoms with Gasteiger partial charge in [-0.15, -0.1) is 0 Å². The summed E-state index contributed by atoms with van der Waals surface area (Å²) in [5, 5.41) is 15.1. The Hall–Kier alpha value is -8.86. The SMILES string of the molecule is CCCOc1ccc(N(c2ccc(C(C)(C)C)cc2)c2ccc3c4c(-c5ccccc5)c5c6cccc7c(N(c8ccc(OCCC)cc8)c8ccc(C(C)(C)C)cc8)ccc(c5c(-c5ccccc5)c4c4cccc2c43)c76)cc1. The van der Waals surface area contributed by atoms with Gasteiger partial charge in [0, 0.05) is 33.5 Å². The molecular formula is C76H68N2O2. The second-order valence-electron chi connectivity index (χ2n) is 23.7. The number of rotatable bonds is 14. The van der Waals surface area contributed by atoms with Gasteiger partial charge in [0.2, 0.25) is 0 Å². The highest BCUT2D eigenvalue weighted by Crippen LogP contribution is 2.58. The second-order valence-corrected chi connectivity index (χ2v) is 23.7. The highest BCUT2D eigenvalue weighted by atomic mass is 16.5. The molecule has 13 rings (SSSR count). The molecule has 0 saturated carbocycles. The number of ether oxygens (including phenoxy) is 2. The normalized spacial score (nSPS) is 12.2. The van der Waals surface area contributed by atoms with E-state index in [0.717, 1.165) is 58.5 Å². The van der Waals surface area contributed by atoms with E-state index in [-0.39, 0.29) is 10.8 Å². The van der Waals surface area contributed by atoms with Crippen LogP contribution in [-0.4, -0.2) is 13.2 Å². The van der Waals surface area contributed by atoms with Gasteiger partial charge in [-0.05, 0) is 196 Å². The molecule has 0 heterocycles. The molecule has 0 atom stereocenters. The van der Waals surface area contributed by atoms with Gasteiger partial charge in [0.1, 0.15) is 11.5 Å². The van der Waals surface area contributed by atoms with Crippen LogP contribution < -0.4 is 19.3 Å². The number of hydrogen-bond donors (Lipinski definition) is 0.